The van der Waals surface area contributed by atoms with E-state index >= 15 is 0 Å². The molecule has 0 bridgehead atoms. The van der Waals surface area contributed by atoms with Crippen molar-refractivity contribution in [3.8, 4) is 5.75 Å². The molecule has 2 aromatic carbocycles. The lowest BCUT2D eigenvalue weighted by Gasteiger charge is -2.32. The Bertz CT molecular complexity index is 1120. The van der Waals surface area contributed by atoms with Crippen molar-refractivity contribution in [2.75, 3.05) is 6.54 Å². The molecule has 0 aliphatic carbocycles. The van der Waals surface area contributed by atoms with Crippen LogP contribution < -0.4 is 5.32 Å². The number of rotatable bonds is 7. The second kappa shape index (κ2) is 9.61. The fourth-order valence-corrected chi connectivity index (χ4v) is 4.31. The second-order valence-corrected chi connectivity index (χ2v) is 9.30. The molecule has 2 aromatic rings. The lowest BCUT2D eigenvalue weighted by Crippen LogP contribution is -2.56. The zero-order valence-corrected chi connectivity index (χ0v) is 19.5. The summed E-state index contributed by atoms with van der Waals surface area (Å²) < 4.78 is 29.3. The summed E-state index contributed by atoms with van der Waals surface area (Å²) in [6.45, 7) is 2.45. The van der Waals surface area contributed by atoms with Crippen LogP contribution in [0.1, 0.15) is 35.3 Å². The van der Waals surface area contributed by atoms with Gasteiger partial charge < -0.3 is 25.5 Å². The summed E-state index contributed by atoms with van der Waals surface area (Å²) in [6, 6.07) is 9.73. The molecular weight excluding hydrogens is 462 g/mol. The minimum atomic E-state index is -3.51. The van der Waals surface area contributed by atoms with Crippen LogP contribution in [0.5, 0.6) is 5.75 Å². The molecule has 188 valence electrons. The molecule has 35 heavy (non-hydrogen) atoms. The summed E-state index contributed by atoms with van der Waals surface area (Å²) in [6.07, 6.45) is -2.05. The summed E-state index contributed by atoms with van der Waals surface area (Å²) in [4.78, 5) is 38.5. The number of aliphatic hydroxyl groups excluding tert-OH is 1. The average Bonchev–Trinajstić information content (AvgIpc) is 2.98. The predicted octanol–water partition coefficient (Wildman–Crippen LogP) is 2.36. The molecule has 1 aliphatic heterocycles. The molecule has 0 spiro atoms. The Kier molecular flexibility index (Phi) is 7.16. The largest absolute Gasteiger partial charge is 0.508 e. The molecule has 10 heteroatoms. The van der Waals surface area contributed by atoms with Gasteiger partial charge in [-0.1, -0.05) is 50.2 Å². The van der Waals surface area contributed by atoms with Gasteiger partial charge in [0, 0.05) is 11.1 Å². The number of benzene rings is 2. The number of phenolic OH excluding ortho intramolecular Hbond substituents is 1. The van der Waals surface area contributed by atoms with Crippen LogP contribution in [0.15, 0.2) is 48.5 Å². The molecule has 3 atom stereocenters. The number of aliphatic hydroxyl groups is 1. The van der Waals surface area contributed by atoms with Crippen molar-refractivity contribution >= 4 is 17.8 Å². The molecule has 1 fully saturated rings. The first kappa shape index (κ1) is 26.1. The highest BCUT2D eigenvalue weighted by atomic mass is 19.3. The third-order valence-electron chi connectivity index (χ3n) is 6.62. The van der Waals surface area contributed by atoms with Gasteiger partial charge in [-0.2, -0.15) is 0 Å². The van der Waals surface area contributed by atoms with E-state index in [2.05, 4.69) is 5.32 Å². The Balaban J connectivity index is 1.93. The standard InChI is InChI=1S/C25H28F2N2O6/c1-14-16(10-7-11-18(14)30)21(32)28-17(12-15-8-5-4-6-9-15)19(31)22(33)29-13-25(26,27)24(2,3)20(29)23(34)35/h4-11,17,19-20,30-31H,12-13H2,1-3H3,(H,28,32)(H,34,35)/t17-,19-,20+/m0/s1. The Morgan fingerprint density at radius 1 is 1.11 bits per heavy atom. The summed E-state index contributed by atoms with van der Waals surface area (Å²) in [7, 11) is 0. The zero-order chi connectivity index (χ0) is 26.1. The Morgan fingerprint density at radius 2 is 1.74 bits per heavy atom. The normalized spacial score (nSPS) is 20.2. The summed E-state index contributed by atoms with van der Waals surface area (Å²) in [5.74, 6) is -7.18. The Labute approximate surface area is 201 Å². The number of carbonyl (C=O) groups is 3. The third kappa shape index (κ3) is 4.97. The lowest BCUT2D eigenvalue weighted by molar-refractivity contribution is -0.156. The average molecular weight is 491 g/mol. The maximum Gasteiger partial charge on any atom is 0.327 e. The number of nitrogens with one attached hydrogen (secondary N) is 1. The maximum absolute atomic E-state index is 14.6. The van der Waals surface area contributed by atoms with Crippen LogP contribution in [0.3, 0.4) is 0 Å². The highest BCUT2D eigenvalue weighted by molar-refractivity contribution is 5.97. The number of aliphatic carboxylic acids is 1. The zero-order valence-electron chi connectivity index (χ0n) is 19.5. The SMILES string of the molecule is Cc1c(O)cccc1C(=O)N[C@@H](Cc1ccccc1)[C@H](O)C(=O)N1CC(F)(F)C(C)(C)[C@H]1C(=O)O. The van der Waals surface area contributed by atoms with Gasteiger partial charge in [0.15, 0.2) is 6.10 Å². The molecule has 4 N–H and O–H groups in total. The van der Waals surface area contributed by atoms with E-state index < -0.39 is 53.9 Å². The van der Waals surface area contributed by atoms with E-state index in [0.29, 0.717) is 10.5 Å². The fourth-order valence-electron chi connectivity index (χ4n) is 4.31. The van der Waals surface area contributed by atoms with Crippen molar-refractivity contribution < 1.29 is 38.5 Å². The minimum Gasteiger partial charge on any atom is -0.508 e. The number of phenols is 1. The third-order valence-corrected chi connectivity index (χ3v) is 6.62. The fraction of sp³-hybridized carbons (Fsp3) is 0.400. The lowest BCUT2D eigenvalue weighted by atomic mass is 9.81. The Hall–Kier alpha value is -3.53. The first-order chi connectivity index (χ1) is 16.3. The van der Waals surface area contributed by atoms with Gasteiger partial charge in [0.25, 0.3) is 17.7 Å². The van der Waals surface area contributed by atoms with Crippen LogP contribution in [0.4, 0.5) is 8.78 Å². The van der Waals surface area contributed by atoms with E-state index in [4.69, 9.17) is 0 Å². The molecule has 0 radical (unpaired) electrons. The van der Waals surface area contributed by atoms with Gasteiger partial charge in [0.05, 0.1) is 18.0 Å². The molecule has 1 heterocycles. The number of hydrogen-bond acceptors (Lipinski definition) is 5. The molecular formula is C25H28F2N2O6. The van der Waals surface area contributed by atoms with Crippen molar-refractivity contribution in [3.63, 3.8) is 0 Å². The monoisotopic (exact) mass is 490 g/mol. The van der Waals surface area contributed by atoms with E-state index in [-0.39, 0.29) is 23.3 Å². The number of alkyl halides is 2. The number of likely N-dealkylation sites (tertiary alicyclic amines) is 1. The first-order valence-electron chi connectivity index (χ1n) is 11.0. The van der Waals surface area contributed by atoms with Crippen molar-refractivity contribution in [1.29, 1.82) is 0 Å². The molecule has 1 saturated heterocycles. The van der Waals surface area contributed by atoms with E-state index in [9.17, 15) is 38.5 Å². The number of hydrogen-bond donors (Lipinski definition) is 4. The van der Waals surface area contributed by atoms with Gasteiger partial charge in [-0.25, -0.2) is 13.6 Å². The first-order valence-corrected chi connectivity index (χ1v) is 11.0. The van der Waals surface area contributed by atoms with Crippen LogP contribution in [-0.2, 0) is 16.0 Å². The van der Waals surface area contributed by atoms with Gasteiger partial charge in [-0.3, -0.25) is 9.59 Å². The van der Waals surface area contributed by atoms with Crippen LogP contribution in [0, 0.1) is 12.3 Å². The topological polar surface area (TPSA) is 127 Å². The number of nitrogens with zero attached hydrogens (tertiary/aromatic N) is 1. The predicted molar refractivity (Wildman–Crippen MR) is 122 cm³/mol. The highest BCUT2D eigenvalue weighted by Gasteiger charge is 2.65. The molecule has 2 amide bonds. The van der Waals surface area contributed by atoms with E-state index in [1.54, 1.807) is 30.3 Å². The van der Waals surface area contributed by atoms with E-state index in [1.807, 2.05) is 0 Å². The van der Waals surface area contributed by atoms with E-state index in [0.717, 1.165) is 13.8 Å². The number of halogens is 2. The number of amides is 2. The maximum atomic E-state index is 14.6. The molecule has 1 aliphatic rings. The molecule has 3 rings (SSSR count). The van der Waals surface area contributed by atoms with Crippen LogP contribution in [0.2, 0.25) is 0 Å². The molecule has 0 unspecified atom stereocenters. The molecule has 8 nitrogen and oxygen atoms in total. The second-order valence-electron chi connectivity index (χ2n) is 9.30. The summed E-state index contributed by atoms with van der Waals surface area (Å²) in [5, 5.41) is 33.0. The highest BCUT2D eigenvalue weighted by Crippen LogP contribution is 2.48. The van der Waals surface area contributed by atoms with Crippen LogP contribution >= 0.6 is 0 Å². The minimum absolute atomic E-state index is 0.0390. The van der Waals surface area contributed by atoms with Crippen LogP contribution in [0.25, 0.3) is 0 Å². The number of carbonyl (C=O) groups excluding carboxylic acids is 2. The van der Waals surface area contributed by atoms with Gasteiger partial charge in [-0.15, -0.1) is 0 Å². The number of carboxylic acids is 1. The van der Waals surface area contributed by atoms with Gasteiger partial charge in [0.1, 0.15) is 11.8 Å². The smallest absolute Gasteiger partial charge is 0.327 e. The quantitative estimate of drug-likeness (QED) is 0.472. The van der Waals surface area contributed by atoms with Crippen molar-refractivity contribution in [2.24, 2.45) is 5.41 Å². The van der Waals surface area contributed by atoms with E-state index in [1.165, 1.54) is 25.1 Å². The summed E-state index contributed by atoms with van der Waals surface area (Å²) in [5.41, 5.74) is -1.07. The van der Waals surface area contributed by atoms with Gasteiger partial charge in [-0.05, 0) is 31.0 Å². The number of carboxylic acid groups (broad SMARTS) is 1. The van der Waals surface area contributed by atoms with Gasteiger partial charge in [0.2, 0.25) is 0 Å². The number of aromatic hydroxyl groups is 1. The molecule has 0 aromatic heterocycles. The van der Waals surface area contributed by atoms with Crippen molar-refractivity contribution in [3.05, 3.63) is 65.2 Å². The van der Waals surface area contributed by atoms with Gasteiger partial charge >= 0.3 is 5.97 Å². The Morgan fingerprint density at radius 3 is 2.34 bits per heavy atom. The molecule has 0 saturated carbocycles. The van der Waals surface area contributed by atoms with Crippen LogP contribution in [-0.4, -0.2) is 68.7 Å². The van der Waals surface area contributed by atoms with Crippen molar-refractivity contribution in [1.82, 2.24) is 10.2 Å². The summed E-state index contributed by atoms with van der Waals surface area (Å²) >= 11 is 0. The van der Waals surface area contributed by atoms with Crippen molar-refractivity contribution in [2.45, 2.75) is 51.3 Å².